The highest BCUT2D eigenvalue weighted by Gasteiger charge is 2.29. The summed E-state index contributed by atoms with van der Waals surface area (Å²) < 4.78 is 31.1. The Labute approximate surface area is 294 Å². The third-order valence-corrected chi connectivity index (χ3v) is 10.4. The Morgan fingerprint density at radius 1 is 0.902 bits per heavy atom. The Balaban J connectivity index is 0.929. The zero-order valence-electron chi connectivity index (χ0n) is 28.4. The van der Waals surface area contributed by atoms with Crippen molar-refractivity contribution >= 4 is 34.9 Å². The van der Waals surface area contributed by atoms with Crippen LogP contribution in [-0.2, 0) is 11.3 Å². The molecule has 11 nitrogen and oxygen atoms in total. The first-order chi connectivity index (χ1) is 24.8. The van der Waals surface area contributed by atoms with E-state index in [1.54, 1.807) is 30.5 Å². The van der Waals surface area contributed by atoms with Gasteiger partial charge in [-0.1, -0.05) is 24.3 Å². The molecule has 51 heavy (non-hydrogen) atoms. The summed E-state index contributed by atoms with van der Waals surface area (Å²) in [6, 6.07) is 21.4. The molecule has 1 N–H and O–H groups in total. The summed E-state index contributed by atoms with van der Waals surface area (Å²) in [7, 11) is 2.02. The van der Waals surface area contributed by atoms with E-state index in [1.165, 1.54) is 17.0 Å². The number of imidazole rings is 1. The van der Waals surface area contributed by atoms with Crippen LogP contribution in [0.1, 0.15) is 49.3 Å². The van der Waals surface area contributed by atoms with Crippen molar-refractivity contribution < 1.29 is 18.4 Å². The molecule has 3 aliphatic heterocycles. The summed E-state index contributed by atoms with van der Waals surface area (Å²) in [6.07, 6.45) is 5.73. The number of benzene rings is 2. The molecule has 0 saturated carbocycles. The number of halogens is 2. The first-order valence-corrected chi connectivity index (χ1v) is 17.5. The Morgan fingerprint density at radius 3 is 2.55 bits per heavy atom. The van der Waals surface area contributed by atoms with Crippen LogP contribution < -0.4 is 20.0 Å². The van der Waals surface area contributed by atoms with E-state index in [1.807, 2.05) is 48.0 Å². The van der Waals surface area contributed by atoms with Gasteiger partial charge in [0, 0.05) is 56.4 Å². The Bertz CT molecular complexity index is 2100. The zero-order valence-corrected chi connectivity index (χ0v) is 28.4. The molecule has 1 atom stereocenters. The molecule has 13 heteroatoms. The lowest BCUT2D eigenvalue weighted by Crippen LogP contribution is -2.49. The summed E-state index contributed by atoms with van der Waals surface area (Å²) >= 11 is 0. The fourth-order valence-electron chi connectivity index (χ4n) is 7.61. The molecule has 3 fully saturated rings. The number of piperidine rings is 1. The van der Waals surface area contributed by atoms with Crippen LogP contribution in [0.2, 0.25) is 0 Å². The van der Waals surface area contributed by atoms with Gasteiger partial charge in [-0.2, -0.15) is 0 Å². The third-order valence-electron chi connectivity index (χ3n) is 10.4. The number of pyridine rings is 1. The number of anilines is 3. The van der Waals surface area contributed by atoms with E-state index in [9.17, 15) is 14.0 Å². The first-order valence-electron chi connectivity index (χ1n) is 17.5. The maximum Gasteiger partial charge on any atom is 0.328 e. The number of hydrogen-bond donors (Lipinski definition) is 1. The molecule has 3 aliphatic rings. The van der Waals surface area contributed by atoms with Crippen molar-refractivity contribution in [2.24, 2.45) is 0 Å². The molecule has 3 aromatic heterocycles. The molecule has 262 valence electrons. The van der Waals surface area contributed by atoms with E-state index < -0.39 is 6.03 Å². The zero-order chi connectivity index (χ0) is 35.1. The Kier molecular flexibility index (Phi) is 8.80. The largest absolute Gasteiger partial charge is 0.356 e. The summed E-state index contributed by atoms with van der Waals surface area (Å²) in [4.78, 5) is 41.5. The van der Waals surface area contributed by atoms with E-state index in [0.29, 0.717) is 17.8 Å². The number of nitrogens with zero attached hydrogens (tertiary/aromatic N) is 8. The summed E-state index contributed by atoms with van der Waals surface area (Å²) in [5, 5.41) is 7.29. The van der Waals surface area contributed by atoms with E-state index in [4.69, 9.17) is 10.1 Å². The van der Waals surface area contributed by atoms with Gasteiger partial charge in [0.1, 0.15) is 29.0 Å². The molecule has 6 heterocycles. The van der Waals surface area contributed by atoms with Gasteiger partial charge in [-0.3, -0.25) is 19.9 Å². The van der Waals surface area contributed by atoms with E-state index in [0.717, 1.165) is 79.6 Å². The normalized spacial score (nSPS) is 18.7. The second-order valence-electron chi connectivity index (χ2n) is 13.6. The van der Waals surface area contributed by atoms with Crippen LogP contribution in [-0.4, -0.2) is 75.7 Å². The molecule has 3 saturated heterocycles. The molecule has 5 aromatic rings. The minimum atomic E-state index is -0.527. The monoisotopic (exact) mass is 691 g/mol. The van der Waals surface area contributed by atoms with Gasteiger partial charge < -0.3 is 9.80 Å². The number of fused-ring (bicyclic) bond motifs is 1. The van der Waals surface area contributed by atoms with Gasteiger partial charge in [0.15, 0.2) is 5.65 Å². The predicted molar refractivity (Wildman–Crippen MR) is 191 cm³/mol. The second-order valence-corrected chi connectivity index (χ2v) is 13.6. The van der Waals surface area contributed by atoms with Gasteiger partial charge >= 0.3 is 6.03 Å². The number of urea groups is 1. The average Bonchev–Trinajstić information content (AvgIpc) is 3.80. The van der Waals surface area contributed by atoms with Gasteiger partial charge in [-0.15, -0.1) is 5.10 Å². The fraction of sp³-hybridized carbons (Fsp3) is 0.342. The number of amides is 3. The highest BCUT2D eigenvalue weighted by molar-refractivity contribution is 6.05. The number of aromatic nitrogens is 4. The SMILES string of the molecule is CN(Cc1ccc(N2CCC(=O)NC2=O)cc1F)C1CCN(c2cccc(-c3cnc4ccc(N5CCC[C@@H]5c5cccc(F)c5)nn34)n2)CC1. The minimum absolute atomic E-state index is 0.0591. The van der Waals surface area contributed by atoms with Crippen molar-refractivity contribution in [3.05, 3.63) is 102 Å². The van der Waals surface area contributed by atoms with Crippen LogP contribution in [0.5, 0.6) is 0 Å². The molecule has 2 aromatic carbocycles. The molecule has 3 amide bonds. The van der Waals surface area contributed by atoms with Gasteiger partial charge in [-0.05, 0) is 86.8 Å². The number of rotatable bonds is 8. The molecule has 8 rings (SSSR count). The topological polar surface area (TPSA) is 102 Å². The molecular formula is C38H39F2N9O2. The maximum atomic E-state index is 15.2. The molecule has 0 bridgehead atoms. The van der Waals surface area contributed by atoms with Crippen LogP contribution in [0.15, 0.2) is 79.0 Å². The number of carbonyl (C=O) groups excluding carboxylic acids is 2. The highest BCUT2D eigenvalue weighted by Crippen LogP contribution is 2.36. The predicted octanol–water partition coefficient (Wildman–Crippen LogP) is 5.96. The van der Waals surface area contributed by atoms with Crippen molar-refractivity contribution in [2.75, 3.05) is 47.9 Å². The average molecular weight is 692 g/mol. The smallest absolute Gasteiger partial charge is 0.328 e. The van der Waals surface area contributed by atoms with Gasteiger partial charge in [0.25, 0.3) is 0 Å². The van der Waals surface area contributed by atoms with Gasteiger partial charge in [0.2, 0.25) is 5.91 Å². The summed E-state index contributed by atoms with van der Waals surface area (Å²) in [5.74, 6) is 0.781. The number of hydrogen-bond acceptors (Lipinski definition) is 8. The summed E-state index contributed by atoms with van der Waals surface area (Å²) in [6.45, 7) is 3.13. The number of imide groups is 1. The summed E-state index contributed by atoms with van der Waals surface area (Å²) in [5.41, 5.74) is 4.26. The maximum absolute atomic E-state index is 15.2. The quantitative estimate of drug-likeness (QED) is 0.213. The molecule has 0 spiro atoms. The number of nitrogens with one attached hydrogen (secondary N) is 1. The standard InChI is InChI=1S/C38H39F2N9O2/c1-45(24-26-10-11-29(22-30(26)40)47-20-16-37(50)43-38(47)51)28-14-18-46(19-15-28)35-9-3-7-31(42-35)33-23-41-34-12-13-36(44-49(33)34)48-17-4-8-32(48)25-5-2-6-27(39)21-25/h2-3,5-7,9-13,21-23,28,32H,4,8,14-20,24H2,1H3,(H,43,50,51)/t32-/m1/s1. The lowest BCUT2D eigenvalue weighted by molar-refractivity contribution is -0.120. The lowest BCUT2D eigenvalue weighted by atomic mass is 10.0. The molecule has 0 unspecified atom stereocenters. The van der Waals surface area contributed by atoms with Crippen LogP contribution in [0.4, 0.5) is 30.9 Å². The van der Waals surface area contributed by atoms with Crippen LogP contribution in [0, 0.1) is 11.6 Å². The Hall–Kier alpha value is -5.43. The van der Waals surface area contributed by atoms with E-state index in [2.05, 4.69) is 25.0 Å². The van der Waals surface area contributed by atoms with Gasteiger partial charge in [-0.25, -0.2) is 28.1 Å². The van der Waals surface area contributed by atoms with E-state index >= 15 is 4.39 Å². The van der Waals surface area contributed by atoms with Gasteiger partial charge in [0.05, 0.1) is 17.9 Å². The fourth-order valence-corrected chi connectivity index (χ4v) is 7.61. The molecular weight excluding hydrogens is 652 g/mol. The lowest BCUT2D eigenvalue weighted by Gasteiger charge is -2.37. The Morgan fingerprint density at radius 2 is 1.75 bits per heavy atom. The van der Waals surface area contributed by atoms with Crippen molar-refractivity contribution in [1.29, 1.82) is 0 Å². The van der Waals surface area contributed by atoms with Crippen LogP contribution in [0.3, 0.4) is 0 Å². The second kappa shape index (κ2) is 13.7. The van der Waals surface area contributed by atoms with E-state index in [-0.39, 0.29) is 42.6 Å². The van der Waals surface area contributed by atoms with Crippen LogP contribution >= 0.6 is 0 Å². The molecule has 0 radical (unpaired) electrons. The van der Waals surface area contributed by atoms with Crippen molar-refractivity contribution in [1.82, 2.24) is 29.8 Å². The molecule has 0 aliphatic carbocycles. The number of carbonyl (C=O) groups is 2. The van der Waals surface area contributed by atoms with Crippen molar-refractivity contribution in [3.63, 3.8) is 0 Å². The van der Waals surface area contributed by atoms with Crippen molar-refractivity contribution in [3.8, 4) is 11.4 Å². The first kappa shape index (κ1) is 32.8. The third kappa shape index (κ3) is 6.61. The van der Waals surface area contributed by atoms with Crippen LogP contribution in [0.25, 0.3) is 17.0 Å². The van der Waals surface area contributed by atoms with Crippen molar-refractivity contribution in [2.45, 2.75) is 50.7 Å². The minimum Gasteiger partial charge on any atom is -0.356 e. The highest BCUT2D eigenvalue weighted by atomic mass is 19.1.